The topological polar surface area (TPSA) is 91.3 Å². The number of anilines is 1. The van der Waals surface area contributed by atoms with E-state index in [1.807, 2.05) is 18.2 Å². The number of pyridine rings is 1. The van der Waals surface area contributed by atoms with Crippen LogP contribution in [0.1, 0.15) is 15.9 Å². The predicted molar refractivity (Wildman–Crippen MR) is 127 cm³/mol. The van der Waals surface area contributed by atoms with Crippen molar-refractivity contribution < 1.29 is 13.6 Å². The third-order valence-corrected chi connectivity index (χ3v) is 6.14. The van der Waals surface area contributed by atoms with Crippen molar-refractivity contribution in [1.82, 2.24) is 19.4 Å². The van der Waals surface area contributed by atoms with Crippen LogP contribution in [-0.4, -0.2) is 51.5 Å². The first kappa shape index (κ1) is 22.5. The molecule has 1 N–H and O–H groups in total. The van der Waals surface area contributed by atoms with Crippen molar-refractivity contribution >= 4 is 22.6 Å². The van der Waals surface area contributed by atoms with E-state index in [4.69, 9.17) is 0 Å². The summed E-state index contributed by atoms with van der Waals surface area (Å²) in [6, 6.07) is 13.5. The molecule has 5 rings (SSSR count). The highest BCUT2D eigenvalue weighted by molar-refractivity contribution is 5.94. The number of hydrogen-bond donors (Lipinski definition) is 1. The lowest BCUT2D eigenvalue weighted by Gasteiger charge is -2.35. The minimum Gasteiger partial charge on any atom is -0.353 e. The van der Waals surface area contributed by atoms with Crippen LogP contribution in [0.3, 0.4) is 0 Å². The third kappa shape index (κ3) is 4.30. The molecule has 8 nitrogen and oxygen atoms in total. The van der Waals surface area contributed by atoms with Crippen molar-refractivity contribution in [3.63, 3.8) is 0 Å². The molecule has 0 bridgehead atoms. The lowest BCUT2D eigenvalue weighted by atomic mass is 10.1. The van der Waals surface area contributed by atoms with Gasteiger partial charge in [0.25, 0.3) is 11.5 Å². The Morgan fingerprint density at radius 2 is 1.74 bits per heavy atom. The van der Waals surface area contributed by atoms with Crippen LogP contribution >= 0.6 is 0 Å². The zero-order valence-corrected chi connectivity index (χ0v) is 18.6. The highest BCUT2D eigenvalue weighted by Gasteiger charge is 2.24. The molecule has 1 saturated heterocycles. The maximum Gasteiger partial charge on any atom is 0.329 e. The maximum absolute atomic E-state index is 14.7. The van der Waals surface area contributed by atoms with E-state index in [0.717, 1.165) is 16.5 Å². The summed E-state index contributed by atoms with van der Waals surface area (Å²) in [6.07, 6.45) is 1.72. The second kappa shape index (κ2) is 9.13. The third-order valence-electron chi connectivity index (χ3n) is 6.14. The van der Waals surface area contributed by atoms with Crippen LogP contribution in [0.15, 0.2) is 70.4 Å². The minimum absolute atomic E-state index is 0.0422. The number of H-pyrrole nitrogens is 1. The van der Waals surface area contributed by atoms with E-state index in [2.05, 4.69) is 14.9 Å². The average Bonchev–Trinajstić information content (AvgIpc) is 2.87. The first-order valence-corrected chi connectivity index (χ1v) is 11.1. The molecule has 0 atom stereocenters. The molecule has 1 fully saturated rings. The fraction of sp³-hybridized carbons (Fsp3) is 0.200. The van der Waals surface area contributed by atoms with Gasteiger partial charge in [-0.1, -0.05) is 12.1 Å². The highest BCUT2D eigenvalue weighted by atomic mass is 19.1. The molecule has 0 spiro atoms. The number of carbonyl (C=O) groups excluding carboxylic acids is 1. The zero-order valence-electron chi connectivity index (χ0n) is 18.6. The number of aromatic nitrogens is 3. The largest absolute Gasteiger partial charge is 0.353 e. The van der Waals surface area contributed by atoms with Crippen LogP contribution in [0.5, 0.6) is 0 Å². The van der Waals surface area contributed by atoms with Gasteiger partial charge in [0.15, 0.2) is 0 Å². The number of amides is 1. The molecule has 3 heterocycles. The summed E-state index contributed by atoms with van der Waals surface area (Å²) in [4.78, 5) is 47.9. The fourth-order valence-corrected chi connectivity index (χ4v) is 4.32. The van der Waals surface area contributed by atoms with Gasteiger partial charge in [-0.25, -0.2) is 18.6 Å². The molecule has 2 aromatic heterocycles. The highest BCUT2D eigenvalue weighted by Crippen LogP contribution is 2.19. The second-order valence-electron chi connectivity index (χ2n) is 8.25. The monoisotopic (exact) mass is 477 g/mol. The SMILES string of the molecule is O=C(c1ccc(F)c(Cn2c(=O)[nH]c(=O)c3c(F)cccc32)c1)N1CCN(c2ccccn2)CC1. The number of hydrogen-bond acceptors (Lipinski definition) is 5. The second-order valence-corrected chi connectivity index (χ2v) is 8.25. The van der Waals surface area contributed by atoms with Crippen LogP contribution < -0.4 is 16.1 Å². The number of benzene rings is 2. The van der Waals surface area contributed by atoms with Crippen LogP contribution in [0.25, 0.3) is 10.9 Å². The van der Waals surface area contributed by atoms with Crippen molar-refractivity contribution in [1.29, 1.82) is 0 Å². The van der Waals surface area contributed by atoms with Crippen LogP contribution in [0, 0.1) is 11.6 Å². The van der Waals surface area contributed by atoms with Gasteiger partial charge < -0.3 is 9.80 Å². The molecular formula is C25H21F2N5O3. The van der Waals surface area contributed by atoms with E-state index in [0.29, 0.717) is 26.2 Å². The van der Waals surface area contributed by atoms with E-state index < -0.39 is 22.9 Å². The number of nitrogens with zero attached hydrogens (tertiary/aromatic N) is 4. The van der Waals surface area contributed by atoms with Crippen molar-refractivity contribution in [2.75, 3.05) is 31.1 Å². The van der Waals surface area contributed by atoms with Gasteiger partial charge in [-0.3, -0.25) is 19.1 Å². The maximum atomic E-state index is 14.7. The standard InChI is InChI=1S/C25H21F2N5O3/c26-18-8-7-16(24(34)31-12-10-30(11-13-31)21-6-1-2-9-28-21)14-17(18)15-32-20-5-3-4-19(27)22(20)23(33)29-25(32)35/h1-9,14H,10-13,15H2,(H,29,33,35). The van der Waals surface area contributed by atoms with Gasteiger partial charge in [0, 0.05) is 43.5 Å². The molecule has 2 aromatic carbocycles. The van der Waals surface area contributed by atoms with Gasteiger partial charge in [-0.05, 0) is 42.5 Å². The number of nitrogens with one attached hydrogen (secondary N) is 1. The zero-order chi connectivity index (χ0) is 24.5. The number of fused-ring (bicyclic) bond motifs is 1. The quantitative estimate of drug-likeness (QED) is 0.488. The molecule has 1 aliphatic heterocycles. The number of rotatable bonds is 4. The van der Waals surface area contributed by atoms with Crippen LogP contribution in [-0.2, 0) is 6.54 Å². The summed E-state index contributed by atoms with van der Waals surface area (Å²) in [7, 11) is 0. The Bertz CT molecular complexity index is 1530. The van der Waals surface area contributed by atoms with Crippen LogP contribution in [0.4, 0.5) is 14.6 Å². The lowest BCUT2D eigenvalue weighted by molar-refractivity contribution is 0.0746. The lowest BCUT2D eigenvalue weighted by Crippen LogP contribution is -2.49. The Morgan fingerprint density at radius 1 is 0.943 bits per heavy atom. The van der Waals surface area contributed by atoms with E-state index in [1.54, 1.807) is 11.1 Å². The Balaban J connectivity index is 1.40. The van der Waals surface area contributed by atoms with Gasteiger partial charge in [0.1, 0.15) is 17.5 Å². The van der Waals surface area contributed by atoms with E-state index in [1.165, 1.54) is 30.3 Å². The summed E-state index contributed by atoms with van der Waals surface area (Å²) < 4.78 is 30.0. The molecule has 0 radical (unpaired) electrons. The summed E-state index contributed by atoms with van der Waals surface area (Å²) in [5, 5.41) is -0.287. The molecule has 35 heavy (non-hydrogen) atoms. The van der Waals surface area contributed by atoms with Crippen LogP contribution in [0.2, 0.25) is 0 Å². The van der Waals surface area contributed by atoms with E-state index in [9.17, 15) is 23.2 Å². The van der Waals surface area contributed by atoms with Gasteiger partial charge >= 0.3 is 5.69 Å². The van der Waals surface area contributed by atoms with Crippen molar-refractivity contribution in [3.8, 4) is 0 Å². The molecular weight excluding hydrogens is 456 g/mol. The minimum atomic E-state index is -0.853. The smallest absolute Gasteiger partial charge is 0.329 e. The average molecular weight is 477 g/mol. The Morgan fingerprint density at radius 3 is 2.49 bits per heavy atom. The summed E-state index contributed by atoms with van der Waals surface area (Å²) in [5.41, 5.74) is -1.26. The summed E-state index contributed by atoms with van der Waals surface area (Å²) >= 11 is 0. The van der Waals surface area contributed by atoms with Crippen molar-refractivity contribution in [2.24, 2.45) is 0 Å². The van der Waals surface area contributed by atoms with E-state index in [-0.39, 0.29) is 34.5 Å². The molecule has 4 aromatic rings. The number of piperazine rings is 1. The molecule has 0 aliphatic carbocycles. The first-order valence-electron chi connectivity index (χ1n) is 11.1. The molecule has 1 aliphatic rings. The normalized spacial score (nSPS) is 13.9. The number of carbonyl (C=O) groups is 1. The Hall–Kier alpha value is -4.34. The molecule has 1 amide bonds. The van der Waals surface area contributed by atoms with Gasteiger partial charge in [0.2, 0.25) is 0 Å². The molecule has 10 heteroatoms. The Kier molecular flexibility index (Phi) is 5.86. The van der Waals surface area contributed by atoms with E-state index >= 15 is 0 Å². The molecule has 0 unspecified atom stereocenters. The molecule has 178 valence electrons. The number of halogens is 2. The Labute approximate surface area is 198 Å². The first-order chi connectivity index (χ1) is 16.9. The predicted octanol–water partition coefficient (Wildman–Crippen LogP) is 2.37. The van der Waals surface area contributed by atoms with Crippen molar-refractivity contribution in [3.05, 3.63) is 104 Å². The molecule has 0 saturated carbocycles. The van der Waals surface area contributed by atoms with Gasteiger partial charge in [0.05, 0.1) is 17.4 Å². The summed E-state index contributed by atoms with van der Waals surface area (Å²) in [6.45, 7) is 1.90. The van der Waals surface area contributed by atoms with Crippen molar-refractivity contribution in [2.45, 2.75) is 6.54 Å². The van der Waals surface area contributed by atoms with Gasteiger partial charge in [-0.2, -0.15) is 0 Å². The number of aromatic amines is 1. The van der Waals surface area contributed by atoms with Gasteiger partial charge in [-0.15, -0.1) is 0 Å². The fourth-order valence-electron chi connectivity index (χ4n) is 4.32. The summed E-state index contributed by atoms with van der Waals surface area (Å²) in [5.74, 6) is -0.814.